The summed E-state index contributed by atoms with van der Waals surface area (Å²) in [6.07, 6.45) is 1.35. The summed E-state index contributed by atoms with van der Waals surface area (Å²) < 4.78 is 18.5. The van der Waals surface area contributed by atoms with E-state index in [4.69, 9.17) is 4.42 Å². The summed E-state index contributed by atoms with van der Waals surface area (Å²) in [5.74, 6) is -2.15. The van der Waals surface area contributed by atoms with Crippen LogP contribution in [0.4, 0.5) is 10.1 Å². The molecule has 0 fully saturated rings. The highest BCUT2D eigenvalue weighted by atomic mass is 19.1. The molecule has 0 aliphatic carbocycles. The summed E-state index contributed by atoms with van der Waals surface area (Å²) >= 11 is 0. The van der Waals surface area contributed by atoms with E-state index in [1.165, 1.54) is 25.3 Å². The molecule has 0 spiro atoms. The van der Waals surface area contributed by atoms with Crippen molar-refractivity contribution in [3.63, 3.8) is 0 Å². The monoisotopic (exact) mass is 346 g/mol. The smallest absolute Gasteiger partial charge is 0.287 e. The lowest BCUT2D eigenvalue weighted by Gasteiger charge is -2.22. The number of rotatable bonds is 6. The molecule has 2 aromatic rings. The van der Waals surface area contributed by atoms with Crippen LogP contribution in [0.5, 0.6) is 0 Å². The van der Waals surface area contributed by atoms with Gasteiger partial charge in [0.25, 0.3) is 5.91 Å². The van der Waals surface area contributed by atoms with Crippen molar-refractivity contribution in [1.82, 2.24) is 5.32 Å². The highest BCUT2D eigenvalue weighted by Gasteiger charge is 2.26. The van der Waals surface area contributed by atoms with E-state index >= 15 is 0 Å². The van der Waals surface area contributed by atoms with E-state index in [1.54, 1.807) is 19.9 Å². The van der Waals surface area contributed by atoms with Crippen LogP contribution in [-0.2, 0) is 4.79 Å². The maximum Gasteiger partial charge on any atom is 0.287 e. The van der Waals surface area contributed by atoms with E-state index in [2.05, 4.69) is 10.6 Å². The fourth-order valence-corrected chi connectivity index (χ4v) is 2.29. The maximum atomic E-state index is 13.5. The Labute approximate surface area is 144 Å². The molecule has 1 aromatic heterocycles. The van der Waals surface area contributed by atoms with Gasteiger partial charge in [-0.15, -0.1) is 0 Å². The number of hydrogen-bond acceptors (Lipinski definition) is 4. The average molecular weight is 346 g/mol. The minimum Gasteiger partial charge on any atom is -0.459 e. The van der Waals surface area contributed by atoms with Crippen molar-refractivity contribution in [2.75, 3.05) is 5.32 Å². The summed E-state index contributed by atoms with van der Waals surface area (Å²) in [7, 11) is 0. The number of furan rings is 1. The van der Waals surface area contributed by atoms with Gasteiger partial charge in [-0.1, -0.05) is 13.8 Å². The molecule has 1 heterocycles. The van der Waals surface area contributed by atoms with Gasteiger partial charge in [0, 0.05) is 5.56 Å². The summed E-state index contributed by atoms with van der Waals surface area (Å²) in [5.41, 5.74) is 0.255. The zero-order valence-corrected chi connectivity index (χ0v) is 14.1. The standard InChI is InChI=1S/C18H19FN2O4/c1-10(2)16(21-17(23)15-5-4-8-25-15)18(24)20-14-9-12(19)6-7-13(14)11(3)22/h4-10,16H,1-3H3,(H,20,24)(H,21,23)/t16-/m1/s1. The number of anilines is 1. The van der Waals surface area contributed by atoms with Crippen molar-refractivity contribution in [3.05, 3.63) is 53.7 Å². The van der Waals surface area contributed by atoms with Crippen LogP contribution in [0.3, 0.4) is 0 Å². The van der Waals surface area contributed by atoms with Crippen molar-refractivity contribution < 1.29 is 23.2 Å². The van der Waals surface area contributed by atoms with E-state index in [0.29, 0.717) is 0 Å². The van der Waals surface area contributed by atoms with Crippen LogP contribution in [0.15, 0.2) is 41.0 Å². The average Bonchev–Trinajstić information content (AvgIpc) is 3.06. The quantitative estimate of drug-likeness (QED) is 0.787. The fourth-order valence-electron chi connectivity index (χ4n) is 2.29. The Kier molecular flexibility index (Phi) is 5.69. The lowest BCUT2D eigenvalue weighted by molar-refractivity contribution is -0.118. The Hall–Kier alpha value is -2.96. The Morgan fingerprint density at radius 1 is 1.16 bits per heavy atom. The molecule has 2 amide bonds. The molecule has 0 radical (unpaired) electrons. The topological polar surface area (TPSA) is 88.4 Å². The van der Waals surface area contributed by atoms with Gasteiger partial charge in [0.1, 0.15) is 11.9 Å². The van der Waals surface area contributed by atoms with Gasteiger partial charge in [0.15, 0.2) is 11.5 Å². The van der Waals surface area contributed by atoms with Gasteiger partial charge in [-0.2, -0.15) is 0 Å². The Morgan fingerprint density at radius 3 is 2.44 bits per heavy atom. The molecule has 25 heavy (non-hydrogen) atoms. The highest BCUT2D eigenvalue weighted by molar-refractivity contribution is 6.06. The van der Waals surface area contributed by atoms with E-state index < -0.39 is 23.7 Å². The number of ketones is 1. The molecule has 0 saturated heterocycles. The maximum absolute atomic E-state index is 13.5. The first-order valence-corrected chi connectivity index (χ1v) is 7.75. The SMILES string of the molecule is CC(=O)c1ccc(F)cc1NC(=O)[C@H](NC(=O)c1ccco1)C(C)C. The molecule has 1 aromatic carbocycles. The van der Waals surface area contributed by atoms with Gasteiger partial charge in [-0.05, 0) is 43.2 Å². The Bertz CT molecular complexity index is 784. The number of nitrogens with one attached hydrogen (secondary N) is 2. The number of hydrogen-bond donors (Lipinski definition) is 2. The zero-order valence-electron chi connectivity index (χ0n) is 14.1. The van der Waals surface area contributed by atoms with Gasteiger partial charge < -0.3 is 15.1 Å². The molecule has 0 aliphatic heterocycles. The van der Waals surface area contributed by atoms with Crippen molar-refractivity contribution in [2.45, 2.75) is 26.8 Å². The predicted octanol–water partition coefficient (Wildman–Crippen LogP) is 3.01. The predicted molar refractivity (Wildman–Crippen MR) is 89.8 cm³/mol. The van der Waals surface area contributed by atoms with Gasteiger partial charge >= 0.3 is 0 Å². The van der Waals surface area contributed by atoms with Gasteiger partial charge in [-0.3, -0.25) is 14.4 Å². The van der Waals surface area contributed by atoms with Crippen molar-refractivity contribution >= 4 is 23.3 Å². The van der Waals surface area contributed by atoms with Crippen LogP contribution in [0.1, 0.15) is 41.7 Å². The molecular weight excluding hydrogens is 327 g/mol. The molecule has 0 aliphatic rings. The van der Waals surface area contributed by atoms with Crippen LogP contribution in [0.25, 0.3) is 0 Å². The van der Waals surface area contributed by atoms with E-state index in [-0.39, 0.29) is 28.7 Å². The zero-order chi connectivity index (χ0) is 18.6. The van der Waals surface area contributed by atoms with Crippen molar-refractivity contribution in [1.29, 1.82) is 0 Å². The number of carbonyl (C=O) groups is 3. The van der Waals surface area contributed by atoms with Crippen LogP contribution in [-0.4, -0.2) is 23.6 Å². The van der Waals surface area contributed by atoms with Crippen LogP contribution >= 0.6 is 0 Å². The Balaban J connectivity index is 2.20. The third-order valence-corrected chi connectivity index (χ3v) is 3.60. The largest absolute Gasteiger partial charge is 0.459 e. The number of amides is 2. The number of benzene rings is 1. The second-order valence-corrected chi connectivity index (χ2v) is 5.91. The summed E-state index contributed by atoms with van der Waals surface area (Å²) in [6.45, 7) is 4.83. The third kappa shape index (κ3) is 4.53. The number of halogens is 1. The molecule has 6 nitrogen and oxygen atoms in total. The normalized spacial score (nSPS) is 11.9. The van der Waals surface area contributed by atoms with Crippen LogP contribution in [0.2, 0.25) is 0 Å². The Morgan fingerprint density at radius 2 is 1.88 bits per heavy atom. The van der Waals surface area contributed by atoms with Gasteiger partial charge in [0.2, 0.25) is 5.91 Å². The molecule has 7 heteroatoms. The second-order valence-electron chi connectivity index (χ2n) is 5.91. The lowest BCUT2D eigenvalue weighted by atomic mass is 10.0. The first-order valence-electron chi connectivity index (χ1n) is 7.75. The van der Waals surface area contributed by atoms with Crippen molar-refractivity contribution in [3.8, 4) is 0 Å². The number of carbonyl (C=O) groups excluding carboxylic acids is 3. The minimum atomic E-state index is -0.888. The molecule has 2 N–H and O–H groups in total. The highest BCUT2D eigenvalue weighted by Crippen LogP contribution is 2.19. The summed E-state index contributed by atoms with van der Waals surface area (Å²) in [6, 6.07) is 5.67. The minimum absolute atomic E-state index is 0.0652. The molecule has 0 unspecified atom stereocenters. The first-order chi connectivity index (χ1) is 11.8. The fraction of sp³-hybridized carbons (Fsp3) is 0.278. The lowest BCUT2D eigenvalue weighted by Crippen LogP contribution is -2.47. The van der Waals surface area contributed by atoms with Crippen LogP contribution < -0.4 is 10.6 Å². The second kappa shape index (κ2) is 7.74. The van der Waals surface area contributed by atoms with Crippen molar-refractivity contribution in [2.24, 2.45) is 5.92 Å². The van der Waals surface area contributed by atoms with Gasteiger partial charge in [-0.25, -0.2) is 4.39 Å². The number of Topliss-reactive ketones (excluding diaryl/α,β-unsaturated/α-hetero) is 1. The molecular formula is C18H19FN2O4. The van der Waals surface area contributed by atoms with Gasteiger partial charge in [0.05, 0.1) is 12.0 Å². The molecule has 0 bridgehead atoms. The van der Waals surface area contributed by atoms with Crippen LogP contribution in [0, 0.1) is 11.7 Å². The third-order valence-electron chi connectivity index (χ3n) is 3.60. The summed E-state index contributed by atoms with van der Waals surface area (Å²) in [4.78, 5) is 36.3. The molecule has 132 valence electrons. The summed E-state index contributed by atoms with van der Waals surface area (Å²) in [5, 5.41) is 5.10. The first kappa shape index (κ1) is 18.4. The van der Waals surface area contributed by atoms with E-state index in [9.17, 15) is 18.8 Å². The molecule has 2 rings (SSSR count). The van der Waals surface area contributed by atoms with E-state index in [0.717, 1.165) is 12.1 Å². The van der Waals surface area contributed by atoms with E-state index in [1.807, 2.05) is 0 Å². The molecule has 1 atom stereocenters. The molecule has 0 saturated carbocycles.